The summed E-state index contributed by atoms with van der Waals surface area (Å²) in [5, 5.41) is 2.99. The zero-order valence-corrected chi connectivity index (χ0v) is 8.31. The summed E-state index contributed by atoms with van der Waals surface area (Å²) < 4.78 is 0. The first kappa shape index (κ1) is 11.4. The van der Waals surface area contributed by atoms with E-state index in [0.29, 0.717) is 12.2 Å². The Bertz CT molecular complexity index is 163. The predicted octanol–water partition coefficient (Wildman–Crippen LogP) is 1.77. The molecule has 0 aliphatic carbocycles. The Kier molecular flexibility index (Phi) is 5.64. The third-order valence-electron chi connectivity index (χ3n) is 1.86. The van der Waals surface area contributed by atoms with E-state index < -0.39 is 0 Å². The first-order valence-electron chi connectivity index (χ1n) is 4.39. The fraction of sp³-hybridized carbons (Fsp3) is 0.700. The van der Waals surface area contributed by atoms with Gasteiger partial charge in [0.1, 0.15) is 5.78 Å². The largest absolute Gasteiger partial charge is 0.319 e. The molecule has 0 amide bonds. The van der Waals surface area contributed by atoms with E-state index in [2.05, 4.69) is 11.9 Å². The minimum absolute atomic E-state index is 0.134. The number of hydrogen-bond acceptors (Lipinski definition) is 2. The highest BCUT2D eigenvalue weighted by molar-refractivity contribution is 5.81. The molecule has 0 saturated carbocycles. The molecule has 0 aromatic rings. The van der Waals surface area contributed by atoms with Gasteiger partial charge in [0.25, 0.3) is 0 Å². The standard InChI is InChI=1S/C10H19NO/c1-8(2)5-6-10(12)9(3)7-11-4/h9,11H,1,5-7H2,2-4H3. The highest BCUT2D eigenvalue weighted by Gasteiger charge is 2.10. The molecule has 0 aliphatic rings. The molecule has 12 heavy (non-hydrogen) atoms. The first-order chi connectivity index (χ1) is 5.57. The summed E-state index contributed by atoms with van der Waals surface area (Å²) >= 11 is 0. The fourth-order valence-electron chi connectivity index (χ4n) is 1.00. The SMILES string of the molecule is C=C(C)CCC(=O)C(C)CNC. The zero-order chi connectivity index (χ0) is 9.56. The number of ketones is 1. The van der Waals surface area contributed by atoms with Crippen LogP contribution in [0.4, 0.5) is 0 Å². The summed E-state index contributed by atoms with van der Waals surface area (Å²) in [4.78, 5) is 11.4. The van der Waals surface area contributed by atoms with Crippen molar-refractivity contribution in [3.8, 4) is 0 Å². The van der Waals surface area contributed by atoms with Crippen molar-refractivity contribution < 1.29 is 4.79 Å². The van der Waals surface area contributed by atoms with Crippen molar-refractivity contribution in [1.82, 2.24) is 5.32 Å². The van der Waals surface area contributed by atoms with Crippen LogP contribution >= 0.6 is 0 Å². The quantitative estimate of drug-likeness (QED) is 0.614. The molecule has 1 N–H and O–H groups in total. The molecule has 0 bridgehead atoms. The van der Waals surface area contributed by atoms with Crippen LogP contribution in [0, 0.1) is 5.92 Å². The number of hydrogen-bond donors (Lipinski definition) is 1. The molecule has 0 aliphatic heterocycles. The Hall–Kier alpha value is -0.630. The maximum atomic E-state index is 11.4. The van der Waals surface area contributed by atoms with Crippen LogP contribution in [-0.2, 0) is 4.79 Å². The number of Topliss-reactive ketones (excluding diaryl/α,β-unsaturated/α-hetero) is 1. The summed E-state index contributed by atoms with van der Waals surface area (Å²) in [6.45, 7) is 8.45. The molecule has 2 heteroatoms. The lowest BCUT2D eigenvalue weighted by Crippen LogP contribution is -2.23. The Morgan fingerprint density at radius 3 is 2.50 bits per heavy atom. The van der Waals surface area contributed by atoms with Crippen LogP contribution in [-0.4, -0.2) is 19.4 Å². The molecular weight excluding hydrogens is 150 g/mol. The zero-order valence-electron chi connectivity index (χ0n) is 8.31. The van der Waals surface area contributed by atoms with E-state index in [-0.39, 0.29) is 5.92 Å². The Balaban J connectivity index is 3.64. The van der Waals surface area contributed by atoms with Gasteiger partial charge in [-0.1, -0.05) is 12.5 Å². The third kappa shape index (κ3) is 5.08. The van der Waals surface area contributed by atoms with Crippen molar-refractivity contribution in [3.05, 3.63) is 12.2 Å². The molecule has 1 atom stereocenters. The molecule has 0 fully saturated rings. The Morgan fingerprint density at radius 1 is 1.50 bits per heavy atom. The average molecular weight is 169 g/mol. The molecule has 0 aromatic carbocycles. The average Bonchev–Trinajstić information content (AvgIpc) is 2.00. The normalized spacial score (nSPS) is 12.6. The van der Waals surface area contributed by atoms with Gasteiger partial charge in [0.2, 0.25) is 0 Å². The smallest absolute Gasteiger partial charge is 0.137 e. The first-order valence-corrected chi connectivity index (χ1v) is 4.39. The molecule has 0 radical (unpaired) electrons. The number of carbonyl (C=O) groups excluding carboxylic acids is 1. The summed E-state index contributed by atoms with van der Waals surface area (Å²) in [5.74, 6) is 0.460. The number of rotatable bonds is 6. The van der Waals surface area contributed by atoms with E-state index in [0.717, 1.165) is 18.5 Å². The van der Waals surface area contributed by atoms with E-state index >= 15 is 0 Å². The molecule has 0 saturated heterocycles. The van der Waals surface area contributed by atoms with Gasteiger partial charge < -0.3 is 5.32 Å². The summed E-state index contributed by atoms with van der Waals surface area (Å²) in [6, 6.07) is 0. The van der Waals surface area contributed by atoms with Crippen LogP contribution in [0.15, 0.2) is 12.2 Å². The third-order valence-corrected chi connectivity index (χ3v) is 1.86. The Morgan fingerprint density at radius 2 is 2.08 bits per heavy atom. The van der Waals surface area contributed by atoms with Crippen LogP contribution in [0.2, 0.25) is 0 Å². The van der Waals surface area contributed by atoms with Crippen molar-refractivity contribution in [3.63, 3.8) is 0 Å². The van der Waals surface area contributed by atoms with E-state index in [1.807, 2.05) is 20.9 Å². The topological polar surface area (TPSA) is 29.1 Å². The van der Waals surface area contributed by atoms with Gasteiger partial charge in [0.05, 0.1) is 0 Å². The predicted molar refractivity (Wildman–Crippen MR) is 52.1 cm³/mol. The van der Waals surface area contributed by atoms with Crippen molar-refractivity contribution in [2.45, 2.75) is 26.7 Å². The van der Waals surface area contributed by atoms with Gasteiger partial charge in [-0.05, 0) is 20.4 Å². The molecule has 1 unspecified atom stereocenters. The van der Waals surface area contributed by atoms with E-state index in [9.17, 15) is 4.79 Å². The van der Waals surface area contributed by atoms with Gasteiger partial charge in [0, 0.05) is 18.9 Å². The minimum atomic E-state index is 0.134. The maximum absolute atomic E-state index is 11.4. The highest BCUT2D eigenvalue weighted by atomic mass is 16.1. The summed E-state index contributed by atoms with van der Waals surface area (Å²) in [7, 11) is 1.86. The van der Waals surface area contributed by atoms with Crippen molar-refractivity contribution in [2.24, 2.45) is 5.92 Å². The fourth-order valence-corrected chi connectivity index (χ4v) is 1.00. The van der Waals surface area contributed by atoms with Crippen molar-refractivity contribution in [1.29, 1.82) is 0 Å². The highest BCUT2D eigenvalue weighted by Crippen LogP contribution is 2.06. The number of allylic oxidation sites excluding steroid dienone is 1. The van der Waals surface area contributed by atoms with Crippen LogP contribution in [0.5, 0.6) is 0 Å². The molecule has 2 nitrogen and oxygen atoms in total. The second-order valence-corrected chi connectivity index (χ2v) is 3.38. The van der Waals surface area contributed by atoms with E-state index in [1.54, 1.807) is 0 Å². The van der Waals surface area contributed by atoms with Crippen LogP contribution in [0.25, 0.3) is 0 Å². The molecule has 0 spiro atoms. The lowest BCUT2D eigenvalue weighted by atomic mass is 10.0. The van der Waals surface area contributed by atoms with E-state index in [4.69, 9.17) is 0 Å². The number of nitrogens with one attached hydrogen (secondary N) is 1. The van der Waals surface area contributed by atoms with Gasteiger partial charge in [-0.25, -0.2) is 0 Å². The Labute approximate surface area is 75.0 Å². The van der Waals surface area contributed by atoms with Gasteiger partial charge in [-0.2, -0.15) is 0 Å². The van der Waals surface area contributed by atoms with Crippen LogP contribution < -0.4 is 5.32 Å². The molecule has 0 heterocycles. The van der Waals surface area contributed by atoms with Crippen LogP contribution in [0.3, 0.4) is 0 Å². The minimum Gasteiger partial charge on any atom is -0.319 e. The lowest BCUT2D eigenvalue weighted by molar-refractivity contribution is -0.122. The second-order valence-electron chi connectivity index (χ2n) is 3.38. The number of carbonyl (C=O) groups is 1. The molecule has 70 valence electrons. The van der Waals surface area contributed by atoms with Gasteiger partial charge >= 0.3 is 0 Å². The van der Waals surface area contributed by atoms with Gasteiger partial charge in [0.15, 0.2) is 0 Å². The monoisotopic (exact) mass is 169 g/mol. The van der Waals surface area contributed by atoms with Crippen molar-refractivity contribution in [2.75, 3.05) is 13.6 Å². The van der Waals surface area contributed by atoms with Gasteiger partial charge in [-0.15, -0.1) is 6.58 Å². The molecular formula is C10H19NO. The summed E-state index contributed by atoms with van der Waals surface area (Å²) in [5.41, 5.74) is 1.08. The maximum Gasteiger partial charge on any atom is 0.137 e. The summed E-state index contributed by atoms with van der Waals surface area (Å²) in [6.07, 6.45) is 1.46. The van der Waals surface area contributed by atoms with Crippen molar-refractivity contribution >= 4 is 5.78 Å². The second kappa shape index (κ2) is 5.95. The lowest BCUT2D eigenvalue weighted by Gasteiger charge is -2.08. The van der Waals surface area contributed by atoms with Crippen LogP contribution in [0.1, 0.15) is 26.7 Å². The van der Waals surface area contributed by atoms with Gasteiger partial charge in [-0.3, -0.25) is 4.79 Å². The van der Waals surface area contributed by atoms with E-state index in [1.165, 1.54) is 0 Å². The molecule has 0 rings (SSSR count). The molecule has 0 aromatic heterocycles.